The molecule has 1 aromatic carbocycles. The van der Waals surface area contributed by atoms with Gasteiger partial charge in [-0.1, -0.05) is 0 Å². The zero-order valence-electron chi connectivity index (χ0n) is 9.84. The van der Waals surface area contributed by atoms with Crippen LogP contribution in [0.5, 0.6) is 5.75 Å². The lowest BCUT2D eigenvalue weighted by atomic mass is 10.3. The third-order valence-electron chi connectivity index (χ3n) is 2.28. The van der Waals surface area contributed by atoms with Crippen molar-refractivity contribution in [3.05, 3.63) is 48.2 Å². The molecule has 0 atom stereocenters. The first-order valence-electron chi connectivity index (χ1n) is 5.43. The number of aromatic nitrogens is 1. The molecular weight excluding hydrogens is 230 g/mol. The quantitative estimate of drug-likeness (QED) is 0.710. The minimum absolute atomic E-state index is 0.154. The smallest absolute Gasteiger partial charge is 0.324 e. The fraction of sp³-hybridized carbons (Fsp3) is 0.0769. The molecule has 92 valence electrons. The molecule has 3 N–H and O–H groups in total. The number of aryl methyl sites for hydroxylation is 1. The number of pyridine rings is 1. The van der Waals surface area contributed by atoms with E-state index in [1.165, 1.54) is 12.1 Å². The van der Waals surface area contributed by atoms with Crippen molar-refractivity contribution in [2.45, 2.75) is 6.92 Å². The number of carbonyl (C=O) groups is 1. The minimum atomic E-state index is -0.376. The maximum absolute atomic E-state index is 11.7. The Balaban J connectivity index is 1.98. The third-order valence-corrected chi connectivity index (χ3v) is 2.28. The summed E-state index contributed by atoms with van der Waals surface area (Å²) in [5.41, 5.74) is 1.61. The zero-order chi connectivity index (χ0) is 13.0. The van der Waals surface area contributed by atoms with Crippen molar-refractivity contribution in [3.63, 3.8) is 0 Å². The molecule has 0 aliphatic rings. The van der Waals surface area contributed by atoms with Crippen LogP contribution >= 0.6 is 0 Å². The fourth-order valence-electron chi connectivity index (χ4n) is 1.43. The topological polar surface area (TPSA) is 74.2 Å². The van der Waals surface area contributed by atoms with Crippen molar-refractivity contribution < 1.29 is 9.90 Å². The Bertz CT molecular complexity index is 552. The predicted octanol–water partition coefficient (Wildman–Crippen LogP) is 2.74. The Hall–Kier alpha value is -2.56. The first kappa shape index (κ1) is 11.9. The minimum Gasteiger partial charge on any atom is -0.508 e. The Morgan fingerprint density at radius 1 is 1.17 bits per heavy atom. The van der Waals surface area contributed by atoms with Gasteiger partial charge in [0.05, 0.1) is 0 Å². The van der Waals surface area contributed by atoms with Gasteiger partial charge in [-0.05, 0) is 48.9 Å². The molecule has 0 unspecified atom stereocenters. The summed E-state index contributed by atoms with van der Waals surface area (Å²) >= 11 is 0. The number of urea groups is 1. The highest BCUT2D eigenvalue weighted by atomic mass is 16.3. The molecule has 0 saturated carbocycles. The van der Waals surface area contributed by atoms with Crippen LogP contribution in [0.2, 0.25) is 0 Å². The normalized spacial score (nSPS) is 9.83. The zero-order valence-corrected chi connectivity index (χ0v) is 9.84. The van der Waals surface area contributed by atoms with Crippen LogP contribution in [0.15, 0.2) is 42.6 Å². The van der Waals surface area contributed by atoms with Gasteiger partial charge < -0.3 is 10.4 Å². The van der Waals surface area contributed by atoms with Gasteiger partial charge in [0.25, 0.3) is 0 Å². The van der Waals surface area contributed by atoms with Crippen LogP contribution in [0.3, 0.4) is 0 Å². The Morgan fingerprint density at radius 3 is 2.56 bits per heavy atom. The summed E-state index contributed by atoms with van der Waals surface area (Å²) in [5, 5.41) is 14.4. The van der Waals surface area contributed by atoms with Crippen LogP contribution in [0, 0.1) is 6.92 Å². The summed E-state index contributed by atoms with van der Waals surface area (Å²) in [6.07, 6.45) is 1.63. The maximum atomic E-state index is 11.7. The first-order valence-corrected chi connectivity index (χ1v) is 5.43. The highest BCUT2D eigenvalue weighted by Gasteiger charge is 2.03. The number of anilines is 2. The molecule has 0 aliphatic carbocycles. The second kappa shape index (κ2) is 5.18. The Labute approximate surface area is 104 Å². The molecule has 0 bridgehead atoms. The predicted molar refractivity (Wildman–Crippen MR) is 69.7 cm³/mol. The van der Waals surface area contributed by atoms with Gasteiger partial charge >= 0.3 is 6.03 Å². The molecule has 0 spiro atoms. The first-order chi connectivity index (χ1) is 8.63. The molecule has 2 aromatic rings. The van der Waals surface area contributed by atoms with E-state index in [4.69, 9.17) is 5.11 Å². The monoisotopic (exact) mass is 243 g/mol. The van der Waals surface area contributed by atoms with Crippen LogP contribution in [-0.4, -0.2) is 16.1 Å². The van der Waals surface area contributed by atoms with Crippen molar-refractivity contribution in [1.29, 1.82) is 0 Å². The molecule has 2 amide bonds. The molecule has 0 saturated heterocycles. The van der Waals surface area contributed by atoms with E-state index in [1.807, 2.05) is 13.0 Å². The summed E-state index contributed by atoms with van der Waals surface area (Å²) < 4.78 is 0. The summed E-state index contributed by atoms with van der Waals surface area (Å²) in [4.78, 5) is 15.7. The number of benzene rings is 1. The number of nitrogens with one attached hydrogen (secondary N) is 2. The van der Waals surface area contributed by atoms with Crippen molar-refractivity contribution in [1.82, 2.24) is 4.98 Å². The number of amides is 2. The molecule has 1 heterocycles. The number of phenols is 1. The van der Waals surface area contributed by atoms with E-state index in [0.29, 0.717) is 11.5 Å². The van der Waals surface area contributed by atoms with E-state index in [-0.39, 0.29) is 11.8 Å². The van der Waals surface area contributed by atoms with Crippen LogP contribution in [0.25, 0.3) is 0 Å². The highest BCUT2D eigenvalue weighted by Crippen LogP contribution is 2.14. The molecule has 2 rings (SSSR count). The van der Waals surface area contributed by atoms with E-state index in [2.05, 4.69) is 15.6 Å². The second-order valence-corrected chi connectivity index (χ2v) is 3.84. The highest BCUT2D eigenvalue weighted by molar-refractivity contribution is 5.99. The molecule has 0 radical (unpaired) electrons. The van der Waals surface area contributed by atoms with Gasteiger partial charge in [0.2, 0.25) is 0 Å². The molecule has 18 heavy (non-hydrogen) atoms. The van der Waals surface area contributed by atoms with Gasteiger partial charge in [0.15, 0.2) is 0 Å². The van der Waals surface area contributed by atoms with E-state index >= 15 is 0 Å². The average Bonchev–Trinajstić information content (AvgIpc) is 2.32. The summed E-state index contributed by atoms with van der Waals surface area (Å²) in [6, 6.07) is 9.47. The van der Waals surface area contributed by atoms with Crippen molar-refractivity contribution in [3.8, 4) is 5.75 Å². The molecule has 0 aliphatic heterocycles. The SMILES string of the molecule is Cc1ccnc(NC(=O)Nc2ccc(O)cc2)c1. The molecule has 5 nitrogen and oxygen atoms in total. The van der Waals surface area contributed by atoms with Crippen molar-refractivity contribution in [2.75, 3.05) is 10.6 Å². The van der Waals surface area contributed by atoms with Gasteiger partial charge in [-0.15, -0.1) is 0 Å². The largest absolute Gasteiger partial charge is 0.508 e. The molecule has 5 heteroatoms. The number of hydrogen-bond acceptors (Lipinski definition) is 3. The van der Waals surface area contributed by atoms with Gasteiger partial charge in [0, 0.05) is 11.9 Å². The van der Waals surface area contributed by atoms with Gasteiger partial charge in [0.1, 0.15) is 11.6 Å². The maximum Gasteiger partial charge on any atom is 0.324 e. The standard InChI is InChI=1S/C13H13N3O2/c1-9-6-7-14-12(8-9)16-13(18)15-10-2-4-11(17)5-3-10/h2-8,17H,1H3,(H2,14,15,16,18). The fourth-order valence-corrected chi connectivity index (χ4v) is 1.43. The summed E-state index contributed by atoms with van der Waals surface area (Å²) in [5.74, 6) is 0.646. The van der Waals surface area contributed by atoms with Crippen LogP contribution in [-0.2, 0) is 0 Å². The molecule has 1 aromatic heterocycles. The van der Waals surface area contributed by atoms with E-state index in [9.17, 15) is 4.79 Å². The molecule has 0 fully saturated rings. The number of rotatable bonds is 2. The van der Waals surface area contributed by atoms with Crippen LogP contribution in [0.4, 0.5) is 16.3 Å². The lowest BCUT2D eigenvalue weighted by molar-refractivity contribution is 0.262. The van der Waals surface area contributed by atoms with E-state index < -0.39 is 0 Å². The summed E-state index contributed by atoms with van der Waals surface area (Å²) in [7, 11) is 0. The lowest BCUT2D eigenvalue weighted by Gasteiger charge is -2.07. The van der Waals surface area contributed by atoms with Crippen LogP contribution in [0.1, 0.15) is 5.56 Å². The number of nitrogens with zero attached hydrogens (tertiary/aromatic N) is 1. The third kappa shape index (κ3) is 3.21. The van der Waals surface area contributed by atoms with Gasteiger partial charge in [-0.25, -0.2) is 9.78 Å². The number of phenolic OH excluding ortho intramolecular Hbond substituents is 1. The Kier molecular flexibility index (Phi) is 3.43. The van der Waals surface area contributed by atoms with Crippen molar-refractivity contribution in [2.24, 2.45) is 0 Å². The number of carbonyl (C=O) groups excluding carboxylic acids is 1. The summed E-state index contributed by atoms with van der Waals surface area (Å²) in [6.45, 7) is 1.92. The van der Waals surface area contributed by atoms with E-state index in [0.717, 1.165) is 5.56 Å². The van der Waals surface area contributed by atoms with Crippen molar-refractivity contribution >= 4 is 17.5 Å². The number of aromatic hydroxyl groups is 1. The van der Waals surface area contributed by atoms with Crippen LogP contribution < -0.4 is 10.6 Å². The van der Waals surface area contributed by atoms with E-state index in [1.54, 1.807) is 24.4 Å². The van der Waals surface area contributed by atoms with Gasteiger partial charge in [-0.2, -0.15) is 0 Å². The Morgan fingerprint density at radius 2 is 1.89 bits per heavy atom. The number of hydrogen-bond donors (Lipinski definition) is 3. The van der Waals surface area contributed by atoms with Gasteiger partial charge in [-0.3, -0.25) is 5.32 Å². The molecular formula is C13H13N3O2. The average molecular weight is 243 g/mol. The lowest BCUT2D eigenvalue weighted by Crippen LogP contribution is -2.20. The second-order valence-electron chi connectivity index (χ2n) is 3.84.